The molecule has 1 N–H and O–H groups in total. The average molecular weight is 323 g/mol. The Kier molecular flexibility index (Phi) is 2.99. The number of nitrogens with one attached hydrogen (secondary N) is 1. The lowest BCUT2D eigenvalue weighted by atomic mass is 9.98. The van der Waals surface area contributed by atoms with Crippen LogP contribution in [0.4, 0.5) is 0 Å². The van der Waals surface area contributed by atoms with Gasteiger partial charge in [0, 0.05) is 11.4 Å². The van der Waals surface area contributed by atoms with E-state index in [4.69, 9.17) is 0 Å². The van der Waals surface area contributed by atoms with E-state index in [0.29, 0.717) is 23.1 Å². The lowest BCUT2D eigenvalue weighted by Crippen LogP contribution is -2.40. The molecule has 1 aliphatic carbocycles. The molecule has 0 aromatic carbocycles. The average Bonchev–Trinajstić information content (AvgIpc) is 3.00. The van der Waals surface area contributed by atoms with E-state index >= 15 is 0 Å². The standard InChI is InChI=1S/C14H17N3O2S2/c1-9-13(8-15-16-9)21(18,19)17-6-4-12-11(5-7-20-12)14(17)10-2-3-10/h5,7-8,10,14H,2-4,6H2,1H3,(H,15,16). The van der Waals surface area contributed by atoms with Crippen LogP contribution in [-0.4, -0.2) is 29.5 Å². The van der Waals surface area contributed by atoms with Crippen molar-refractivity contribution in [3.8, 4) is 0 Å². The largest absolute Gasteiger partial charge is 0.281 e. The summed E-state index contributed by atoms with van der Waals surface area (Å²) in [7, 11) is -3.48. The van der Waals surface area contributed by atoms with Gasteiger partial charge < -0.3 is 0 Å². The van der Waals surface area contributed by atoms with Crippen molar-refractivity contribution in [2.75, 3.05) is 6.54 Å². The third-order valence-corrected chi connectivity index (χ3v) is 7.40. The summed E-state index contributed by atoms with van der Waals surface area (Å²) in [6.45, 7) is 2.33. The molecule has 112 valence electrons. The maximum Gasteiger partial charge on any atom is 0.247 e. The number of fused-ring (bicyclic) bond motifs is 1. The topological polar surface area (TPSA) is 66.1 Å². The zero-order valence-electron chi connectivity index (χ0n) is 11.7. The highest BCUT2D eigenvalue weighted by atomic mass is 32.2. The van der Waals surface area contributed by atoms with Crippen molar-refractivity contribution >= 4 is 21.4 Å². The molecule has 7 heteroatoms. The van der Waals surface area contributed by atoms with Gasteiger partial charge in [0.1, 0.15) is 4.90 Å². The molecule has 3 heterocycles. The molecule has 1 aliphatic heterocycles. The minimum atomic E-state index is -3.48. The minimum Gasteiger partial charge on any atom is -0.281 e. The molecule has 0 amide bonds. The smallest absolute Gasteiger partial charge is 0.247 e. The normalized spacial score (nSPS) is 23.2. The summed E-state index contributed by atoms with van der Waals surface area (Å²) in [6.07, 6.45) is 4.48. The number of sulfonamides is 1. The van der Waals surface area contributed by atoms with Crippen LogP contribution in [0.2, 0.25) is 0 Å². The fourth-order valence-electron chi connectivity index (χ4n) is 3.22. The third-order valence-electron chi connectivity index (χ3n) is 4.41. The Morgan fingerprint density at radius 2 is 2.24 bits per heavy atom. The Balaban J connectivity index is 1.80. The van der Waals surface area contributed by atoms with Crippen LogP contribution < -0.4 is 0 Å². The number of aromatic amines is 1. The first kappa shape index (κ1) is 13.5. The van der Waals surface area contributed by atoms with Crippen LogP contribution in [0, 0.1) is 12.8 Å². The Morgan fingerprint density at radius 1 is 1.43 bits per heavy atom. The van der Waals surface area contributed by atoms with Gasteiger partial charge >= 0.3 is 0 Å². The van der Waals surface area contributed by atoms with Crippen LogP contribution in [0.25, 0.3) is 0 Å². The monoisotopic (exact) mass is 323 g/mol. The van der Waals surface area contributed by atoms with Gasteiger partial charge in [0.25, 0.3) is 0 Å². The fourth-order valence-corrected chi connectivity index (χ4v) is 5.92. The van der Waals surface area contributed by atoms with Gasteiger partial charge in [-0.3, -0.25) is 5.10 Å². The van der Waals surface area contributed by atoms with E-state index < -0.39 is 10.0 Å². The maximum absolute atomic E-state index is 13.0. The predicted molar refractivity (Wildman–Crippen MR) is 80.7 cm³/mol. The van der Waals surface area contributed by atoms with E-state index in [1.165, 1.54) is 16.6 Å². The molecule has 5 nitrogen and oxygen atoms in total. The maximum atomic E-state index is 13.0. The van der Waals surface area contributed by atoms with E-state index in [2.05, 4.69) is 21.6 Å². The lowest BCUT2D eigenvalue weighted by Gasteiger charge is -2.35. The summed E-state index contributed by atoms with van der Waals surface area (Å²) >= 11 is 1.75. The first-order valence-electron chi connectivity index (χ1n) is 7.17. The number of rotatable bonds is 3. The highest BCUT2D eigenvalue weighted by Gasteiger charge is 2.45. The molecule has 0 radical (unpaired) electrons. The number of H-pyrrole nitrogens is 1. The molecule has 1 atom stereocenters. The Hall–Kier alpha value is -1.18. The molecule has 1 fully saturated rings. The van der Waals surface area contributed by atoms with E-state index in [-0.39, 0.29) is 6.04 Å². The molecule has 4 rings (SSSR count). The molecule has 1 unspecified atom stereocenters. The Morgan fingerprint density at radius 3 is 2.90 bits per heavy atom. The van der Waals surface area contributed by atoms with Gasteiger partial charge in [-0.25, -0.2) is 8.42 Å². The number of aromatic nitrogens is 2. The van der Waals surface area contributed by atoms with Crippen molar-refractivity contribution in [1.82, 2.24) is 14.5 Å². The molecule has 2 aromatic rings. The van der Waals surface area contributed by atoms with Gasteiger partial charge in [0.05, 0.1) is 17.9 Å². The Labute approximate surface area is 128 Å². The van der Waals surface area contributed by atoms with Crippen LogP contribution in [0.1, 0.15) is 35.0 Å². The highest BCUT2D eigenvalue weighted by Crippen LogP contribution is 2.50. The first-order valence-corrected chi connectivity index (χ1v) is 9.49. The summed E-state index contributed by atoms with van der Waals surface area (Å²) < 4.78 is 27.7. The van der Waals surface area contributed by atoms with E-state index in [1.54, 1.807) is 22.6 Å². The quantitative estimate of drug-likeness (QED) is 0.943. The summed E-state index contributed by atoms with van der Waals surface area (Å²) in [5.74, 6) is 0.473. The number of hydrogen-bond acceptors (Lipinski definition) is 4. The number of hydrogen-bond donors (Lipinski definition) is 1. The number of nitrogens with zero attached hydrogens (tertiary/aromatic N) is 2. The fraction of sp³-hybridized carbons (Fsp3) is 0.500. The lowest BCUT2D eigenvalue weighted by molar-refractivity contribution is 0.283. The first-order chi connectivity index (χ1) is 10.1. The van der Waals surface area contributed by atoms with Crippen molar-refractivity contribution < 1.29 is 8.42 Å². The molecule has 0 spiro atoms. The zero-order valence-corrected chi connectivity index (χ0v) is 13.4. The molecular weight excluding hydrogens is 306 g/mol. The predicted octanol–water partition coefficient (Wildman–Crippen LogP) is 2.48. The minimum absolute atomic E-state index is 0.0132. The van der Waals surface area contributed by atoms with Gasteiger partial charge in [-0.05, 0) is 49.1 Å². The van der Waals surface area contributed by atoms with E-state index in [0.717, 1.165) is 19.3 Å². The van der Waals surface area contributed by atoms with Crippen LogP contribution in [0.3, 0.4) is 0 Å². The second-order valence-corrected chi connectivity index (χ2v) is 8.67. The van der Waals surface area contributed by atoms with Crippen LogP contribution in [-0.2, 0) is 16.4 Å². The number of thiophene rings is 1. The van der Waals surface area contributed by atoms with Gasteiger partial charge in [-0.2, -0.15) is 9.40 Å². The molecule has 2 aromatic heterocycles. The SMILES string of the molecule is Cc1[nH]ncc1S(=O)(=O)N1CCc2sccc2C1C1CC1. The van der Waals surface area contributed by atoms with Gasteiger partial charge in [0.15, 0.2) is 0 Å². The third kappa shape index (κ3) is 2.06. The summed E-state index contributed by atoms with van der Waals surface area (Å²) in [4.78, 5) is 1.66. The molecular formula is C14H17N3O2S2. The summed E-state index contributed by atoms with van der Waals surface area (Å²) in [5, 5.41) is 8.69. The van der Waals surface area contributed by atoms with Crippen molar-refractivity contribution in [1.29, 1.82) is 0 Å². The number of aryl methyl sites for hydroxylation is 1. The zero-order chi connectivity index (χ0) is 14.6. The van der Waals surface area contributed by atoms with Crippen LogP contribution >= 0.6 is 11.3 Å². The second-order valence-electron chi connectivity index (χ2n) is 5.81. The summed E-state index contributed by atoms with van der Waals surface area (Å²) in [6, 6.07) is 2.12. The molecule has 1 saturated carbocycles. The van der Waals surface area contributed by atoms with E-state index in [1.807, 2.05) is 0 Å². The molecule has 2 aliphatic rings. The van der Waals surface area contributed by atoms with Crippen LogP contribution in [0.15, 0.2) is 22.5 Å². The highest BCUT2D eigenvalue weighted by molar-refractivity contribution is 7.89. The van der Waals surface area contributed by atoms with Gasteiger partial charge in [-0.15, -0.1) is 11.3 Å². The van der Waals surface area contributed by atoms with Gasteiger partial charge in [0.2, 0.25) is 10.0 Å². The Bertz CT molecular complexity index is 774. The van der Waals surface area contributed by atoms with Crippen molar-refractivity contribution in [3.05, 3.63) is 33.8 Å². The van der Waals surface area contributed by atoms with Crippen molar-refractivity contribution in [3.63, 3.8) is 0 Å². The van der Waals surface area contributed by atoms with E-state index in [9.17, 15) is 8.42 Å². The van der Waals surface area contributed by atoms with Gasteiger partial charge in [-0.1, -0.05) is 0 Å². The second kappa shape index (κ2) is 4.66. The van der Waals surface area contributed by atoms with Crippen molar-refractivity contribution in [2.45, 2.75) is 37.1 Å². The molecule has 0 bridgehead atoms. The van der Waals surface area contributed by atoms with Crippen LogP contribution in [0.5, 0.6) is 0 Å². The molecule has 21 heavy (non-hydrogen) atoms. The van der Waals surface area contributed by atoms with Crippen molar-refractivity contribution in [2.24, 2.45) is 5.92 Å². The summed E-state index contributed by atoms with van der Waals surface area (Å²) in [5.41, 5.74) is 1.83. The molecule has 0 saturated heterocycles.